The second kappa shape index (κ2) is 5.90. The van der Waals surface area contributed by atoms with Gasteiger partial charge in [-0.25, -0.2) is 17.2 Å². The Hall–Kier alpha value is -1.50. The smallest absolute Gasteiger partial charge is 0.221 e. The van der Waals surface area contributed by atoms with Gasteiger partial charge in [0.15, 0.2) is 0 Å². The van der Waals surface area contributed by atoms with Gasteiger partial charge in [0.05, 0.1) is 5.75 Å². The maximum absolute atomic E-state index is 13.2. The lowest BCUT2D eigenvalue weighted by Crippen LogP contribution is -2.25. The third kappa shape index (κ3) is 5.22. The number of carbonyl (C=O) groups is 1. The van der Waals surface area contributed by atoms with E-state index in [-0.39, 0.29) is 24.3 Å². The van der Waals surface area contributed by atoms with Crippen molar-refractivity contribution in [2.45, 2.75) is 13.0 Å². The molecule has 1 aromatic carbocycles. The number of nitrogens with one attached hydrogen (secondary N) is 1. The molecule has 0 heterocycles. The Morgan fingerprint density at radius 1 is 1.33 bits per heavy atom. The van der Waals surface area contributed by atoms with Gasteiger partial charge in [-0.1, -0.05) is 0 Å². The Morgan fingerprint density at radius 3 is 2.61 bits per heavy atom. The first-order chi connectivity index (χ1) is 8.28. The molecule has 1 aromatic rings. The summed E-state index contributed by atoms with van der Waals surface area (Å²) < 4.78 is 47.6. The average Bonchev–Trinajstić information content (AvgIpc) is 2.26. The summed E-state index contributed by atoms with van der Waals surface area (Å²) in [5.41, 5.74) is 0.0164. The summed E-state index contributed by atoms with van der Waals surface area (Å²) in [5, 5.41) is 2.33. The topological polar surface area (TPSA) is 63.2 Å². The number of amides is 1. The summed E-state index contributed by atoms with van der Waals surface area (Å²) in [7, 11) is -3.21. The number of carbonyl (C=O) groups excluding carboxylic acids is 1. The van der Waals surface area contributed by atoms with E-state index >= 15 is 0 Å². The first-order valence-corrected chi connectivity index (χ1v) is 7.22. The molecule has 0 saturated carbocycles. The molecule has 0 bridgehead atoms. The Kier molecular flexibility index (Phi) is 4.77. The molecule has 0 spiro atoms. The Morgan fingerprint density at radius 2 is 2.00 bits per heavy atom. The van der Waals surface area contributed by atoms with Crippen LogP contribution in [0.1, 0.15) is 12.0 Å². The lowest BCUT2D eigenvalue weighted by Gasteiger charge is -2.06. The van der Waals surface area contributed by atoms with Crippen LogP contribution in [-0.2, 0) is 21.2 Å². The fourth-order valence-corrected chi connectivity index (χ4v) is 1.80. The molecule has 0 aliphatic heterocycles. The number of hydrogen-bond donors (Lipinski definition) is 1. The van der Waals surface area contributed by atoms with Crippen molar-refractivity contribution in [2.24, 2.45) is 0 Å². The zero-order chi connectivity index (χ0) is 13.8. The van der Waals surface area contributed by atoms with Gasteiger partial charge in [0.25, 0.3) is 0 Å². The van der Waals surface area contributed by atoms with Crippen molar-refractivity contribution in [3.05, 3.63) is 35.4 Å². The summed E-state index contributed by atoms with van der Waals surface area (Å²) in [5.74, 6) is -2.02. The van der Waals surface area contributed by atoms with Gasteiger partial charge >= 0.3 is 0 Å². The molecule has 0 aromatic heterocycles. The minimum Gasteiger partial charge on any atom is -0.352 e. The SMILES string of the molecule is CS(=O)(=O)CCC(=O)NCc1cc(F)ccc1F. The highest BCUT2D eigenvalue weighted by atomic mass is 32.2. The molecule has 0 aliphatic carbocycles. The van der Waals surface area contributed by atoms with Gasteiger partial charge in [-0.3, -0.25) is 4.79 Å². The van der Waals surface area contributed by atoms with Gasteiger partial charge in [-0.15, -0.1) is 0 Å². The third-order valence-corrected chi connectivity index (χ3v) is 3.13. The Labute approximate surface area is 104 Å². The number of rotatable bonds is 5. The number of halogens is 2. The van der Waals surface area contributed by atoms with Crippen LogP contribution >= 0.6 is 0 Å². The maximum Gasteiger partial charge on any atom is 0.221 e. The Bertz CT molecular complexity index is 543. The second-order valence-electron chi connectivity index (χ2n) is 3.89. The summed E-state index contributed by atoms with van der Waals surface area (Å²) >= 11 is 0. The van der Waals surface area contributed by atoms with Gasteiger partial charge in [0, 0.05) is 24.8 Å². The highest BCUT2D eigenvalue weighted by Gasteiger charge is 2.09. The van der Waals surface area contributed by atoms with E-state index < -0.39 is 27.4 Å². The van der Waals surface area contributed by atoms with E-state index in [0.717, 1.165) is 24.5 Å². The molecule has 1 N–H and O–H groups in total. The highest BCUT2D eigenvalue weighted by Crippen LogP contribution is 2.09. The van der Waals surface area contributed by atoms with Crippen molar-refractivity contribution in [3.63, 3.8) is 0 Å². The van der Waals surface area contributed by atoms with Crippen LogP contribution in [0.4, 0.5) is 8.78 Å². The normalized spacial score (nSPS) is 11.3. The first-order valence-electron chi connectivity index (χ1n) is 5.16. The van der Waals surface area contributed by atoms with Crippen molar-refractivity contribution >= 4 is 15.7 Å². The Balaban J connectivity index is 2.50. The minimum absolute atomic E-state index is 0.0164. The zero-order valence-corrected chi connectivity index (χ0v) is 10.6. The van der Waals surface area contributed by atoms with Gasteiger partial charge in [-0.2, -0.15) is 0 Å². The van der Waals surface area contributed by atoms with E-state index in [9.17, 15) is 22.0 Å². The van der Waals surface area contributed by atoms with Crippen molar-refractivity contribution in [2.75, 3.05) is 12.0 Å². The zero-order valence-electron chi connectivity index (χ0n) is 9.74. The van der Waals surface area contributed by atoms with Crippen LogP contribution < -0.4 is 5.32 Å². The van der Waals surface area contributed by atoms with Crippen LogP contribution in [-0.4, -0.2) is 26.3 Å². The minimum atomic E-state index is -3.21. The fourth-order valence-electron chi connectivity index (χ4n) is 1.24. The molecule has 1 rings (SSSR count). The molecule has 0 unspecified atom stereocenters. The van der Waals surface area contributed by atoms with E-state index in [1.165, 1.54) is 0 Å². The monoisotopic (exact) mass is 277 g/mol. The van der Waals surface area contributed by atoms with Crippen LogP contribution in [0.3, 0.4) is 0 Å². The largest absolute Gasteiger partial charge is 0.352 e. The predicted molar refractivity (Wildman–Crippen MR) is 62.5 cm³/mol. The van der Waals surface area contributed by atoms with Crippen molar-refractivity contribution in [1.29, 1.82) is 0 Å². The summed E-state index contributed by atoms with van der Waals surface area (Å²) in [6, 6.07) is 2.92. The number of benzene rings is 1. The molecule has 0 saturated heterocycles. The standard InChI is InChI=1S/C11H13F2NO3S/c1-18(16,17)5-4-11(15)14-7-8-6-9(12)2-3-10(8)13/h2-3,6H,4-5,7H2,1H3,(H,14,15). The van der Waals surface area contributed by atoms with Crippen LogP contribution in [0.25, 0.3) is 0 Å². The van der Waals surface area contributed by atoms with Crippen molar-refractivity contribution in [1.82, 2.24) is 5.32 Å². The van der Waals surface area contributed by atoms with Crippen molar-refractivity contribution in [3.8, 4) is 0 Å². The maximum atomic E-state index is 13.2. The quantitative estimate of drug-likeness (QED) is 0.874. The van der Waals surface area contributed by atoms with Crippen LogP contribution in [0, 0.1) is 11.6 Å². The fraction of sp³-hybridized carbons (Fsp3) is 0.364. The molecule has 1 amide bonds. The molecule has 4 nitrogen and oxygen atoms in total. The van der Waals surface area contributed by atoms with Gasteiger partial charge in [-0.05, 0) is 18.2 Å². The van der Waals surface area contributed by atoms with Crippen molar-refractivity contribution < 1.29 is 22.0 Å². The molecule has 0 atom stereocenters. The van der Waals surface area contributed by atoms with Crippen LogP contribution in [0.15, 0.2) is 18.2 Å². The van der Waals surface area contributed by atoms with E-state index in [4.69, 9.17) is 0 Å². The molecule has 7 heteroatoms. The van der Waals surface area contributed by atoms with Crippen LogP contribution in [0.5, 0.6) is 0 Å². The third-order valence-electron chi connectivity index (χ3n) is 2.18. The highest BCUT2D eigenvalue weighted by molar-refractivity contribution is 7.90. The molecule has 0 radical (unpaired) electrons. The van der Waals surface area contributed by atoms with E-state index in [1.807, 2.05) is 0 Å². The van der Waals surface area contributed by atoms with Gasteiger partial charge in [0.2, 0.25) is 5.91 Å². The van der Waals surface area contributed by atoms with E-state index in [2.05, 4.69) is 5.32 Å². The van der Waals surface area contributed by atoms with Gasteiger partial charge < -0.3 is 5.32 Å². The molecular weight excluding hydrogens is 264 g/mol. The summed E-state index contributed by atoms with van der Waals surface area (Å²) in [4.78, 5) is 11.3. The lowest BCUT2D eigenvalue weighted by molar-refractivity contribution is -0.120. The first kappa shape index (κ1) is 14.6. The van der Waals surface area contributed by atoms with E-state index in [1.54, 1.807) is 0 Å². The summed E-state index contributed by atoms with van der Waals surface area (Å²) in [6.45, 7) is -0.174. The molecule has 0 aliphatic rings. The lowest BCUT2D eigenvalue weighted by atomic mass is 10.2. The van der Waals surface area contributed by atoms with Gasteiger partial charge in [0.1, 0.15) is 21.5 Å². The number of hydrogen-bond acceptors (Lipinski definition) is 3. The van der Waals surface area contributed by atoms with Crippen LogP contribution in [0.2, 0.25) is 0 Å². The summed E-state index contributed by atoms with van der Waals surface area (Å²) in [6.07, 6.45) is 0.822. The molecule has 100 valence electrons. The number of sulfone groups is 1. The average molecular weight is 277 g/mol. The molecule has 0 fully saturated rings. The second-order valence-corrected chi connectivity index (χ2v) is 6.15. The predicted octanol–water partition coefficient (Wildman–Crippen LogP) is 1.02. The van der Waals surface area contributed by atoms with E-state index in [0.29, 0.717) is 0 Å². The molecule has 18 heavy (non-hydrogen) atoms. The molecular formula is C11H13F2NO3S.